The van der Waals surface area contributed by atoms with Crippen molar-refractivity contribution in [1.29, 1.82) is 0 Å². The molecule has 0 aromatic carbocycles. The van der Waals surface area contributed by atoms with Crippen LogP contribution in [-0.4, -0.2) is 64.6 Å². The van der Waals surface area contributed by atoms with Crippen molar-refractivity contribution in [1.82, 2.24) is 19.4 Å². The van der Waals surface area contributed by atoms with Crippen molar-refractivity contribution in [3.8, 4) is 0 Å². The summed E-state index contributed by atoms with van der Waals surface area (Å²) in [5, 5.41) is 4.03. The first kappa shape index (κ1) is 19.6. The monoisotopic (exact) mass is 422 g/mol. The third-order valence-corrected chi connectivity index (χ3v) is 6.97. The van der Waals surface area contributed by atoms with Crippen LogP contribution in [0.3, 0.4) is 0 Å². The number of nitrogens with zero attached hydrogens (tertiary/aromatic N) is 4. The number of carbonyl (C=O) groups excluding carboxylic acids is 2. The number of halogens is 1. The van der Waals surface area contributed by atoms with E-state index in [-0.39, 0.29) is 11.4 Å². The number of allylic oxidation sites excluding steroid dienone is 2. The Hall–Kier alpha value is -2.66. The Bertz CT molecular complexity index is 1100. The van der Waals surface area contributed by atoms with Crippen LogP contribution < -0.4 is 4.72 Å². The zero-order valence-corrected chi connectivity index (χ0v) is 16.8. The second kappa shape index (κ2) is 6.70. The van der Waals surface area contributed by atoms with Gasteiger partial charge in [-0.05, 0) is 31.1 Å². The zero-order chi connectivity index (χ0) is 21.0. The fourth-order valence-electron chi connectivity index (χ4n) is 3.47. The maximum absolute atomic E-state index is 13.1. The number of imide groups is 1. The summed E-state index contributed by atoms with van der Waals surface area (Å²) in [5.74, 6) is -1.44. The highest BCUT2D eigenvalue weighted by Gasteiger charge is 2.49. The molecule has 154 valence electrons. The van der Waals surface area contributed by atoms with Crippen LogP contribution in [0.1, 0.15) is 18.4 Å². The van der Waals surface area contributed by atoms with E-state index >= 15 is 0 Å². The summed E-state index contributed by atoms with van der Waals surface area (Å²) in [6.07, 6.45) is 8.23. The Morgan fingerprint density at radius 2 is 2.07 bits per heavy atom. The van der Waals surface area contributed by atoms with Gasteiger partial charge >= 0.3 is 11.9 Å². The van der Waals surface area contributed by atoms with Gasteiger partial charge in [-0.3, -0.25) is 4.68 Å². The standard InChI is InChI=1S/C18H21FN5O4S/c1-22-9-12(8-20-22)10-24-16(25)14-7-13(3-4-15(14)23(2)17(24)26)29(27,28)21-18(11-19)5-6-18/h3-4,7-9,14,21H,5-6,10-11H2,1-2H3/q+1. The molecular weight excluding hydrogens is 401 g/mol. The van der Waals surface area contributed by atoms with E-state index in [1.54, 1.807) is 24.1 Å². The van der Waals surface area contributed by atoms with Crippen LogP contribution >= 0.6 is 0 Å². The van der Waals surface area contributed by atoms with Crippen LogP contribution in [0.25, 0.3) is 0 Å². The van der Waals surface area contributed by atoms with Crippen molar-refractivity contribution in [2.75, 3.05) is 13.7 Å². The Morgan fingerprint density at radius 3 is 2.66 bits per heavy atom. The van der Waals surface area contributed by atoms with E-state index in [1.165, 1.54) is 29.9 Å². The number of aromatic nitrogens is 2. The van der Waals surface area contributed by atoms with E-state index in [0.717, 1.165) is 4.90 Å². The van der Waals surface area contributed by atoms with Gasteiger partial charge in [-0.25, -0.2) is 22.3 Å². The summed E-state index contributed by atoms with van der Waals surface area (Å²) in [4.78, 5) is 26.7. The van der Waals surface area contributed by atoms with Gasteiger partial charge in [0.15, 0.2) is 0 Å². The van der Waals surface area contributed by atoms with Gasteiger partial charge < -0.3 is 0 Å². The number of nitrogens with one attached hydrogen (secondary N) is 1. The zero-order valence-electron chi connectivity index (χ0n) is 16.0. The van der Waals surface area contributed by atoms with Crippen molar-refractivity contribution in [3.05, 3.63) is 41.1 Å². The molecule has 0 spiro atoms. The van der Waals surface area contributed by atoms with Crippen molar-refractivity contribution >= 4 is 27.7 Å². The van der Waals surface area contributed by atoms with Crippen LogP contribution in [0.15, 0.2) is 35.5 Å². The lowest BCUT2D eigenvalue weighted by atomic mass is 9.94. The largest absolute Gasteiger partial charge is 0.500 e. The summed E-state index contributed by atoms with van der Waals surface area (Å²) >= 11 is 0. The van der Waals surface area contributed by atoms with Gasteiger partial charge in [0.1, 0.15) is 24.8 Å². The van der Waals surface area contributed by atoms with Gasteiger partial charge in [-0.15, -0.1) is 0 Å². The van der Waals surface area contributed by atoms with Crippen LogP contribution in [-0.2, 0) is 28.4 Å². The minimum Gasteiger partial charge on any atom is -0.275 e. The van der Waals surface area contributed by atoms with E-state index in [9.17, 15) is 22.4 Å². The number of hydrogen-bond donors (Lipinski definition) is 1. The fraction of sp³-hybridized carbons (Fsp3) is 0.444. The summed E-state index contributed by atoms with van der Waals surface area (Å²) in [6, 6.07) is -0.498. The molecule has 9 nitrogen and oxygen atoms in total. The Balaban J connectivity index is 1.65. The van der Waals surface area contributed by atoms with Crippen LogP contribution in [0.5, 0.6) is 0 Å². The van der Waals surface area contributed by atoms with Gasteiger partial charge in [0.05, 0.1) is 23.7 Å². The molecule has 0 radical (unpaired) electrons. The molecule has 1 fully saturated rings. The molecule has 0 saturated heterocycles. The van der Waals surface area contributed by atoms with Crippen molar-refractivity contribution in [3.63, 3.8) is 0 Å². The Morgan fingerprint density at radius 1 is 1.34 bits per heavy atom. The maximum atomic E-state index is 13.1. The van der Waals surface area contributed by atoms with E-state index < -0.39 is 40.1 Å². The van der Waals surface area contributed by atoms with Crippen LogP contribution in [0.2, 0.25) is 0 Å². The Kier molecular flexibility index (Phi) is 4.54. The molecule has 1 saturated carbocycles. The molecule has 29 heavy (non-hydrogen) atoms. The first-order chi connectivity index (χ1) is 13.7. The number of rotatable bonds is 6. The highest BCUT2D eigenvalue weighted by atomic mass is 32.2. The number of hydrogen-bond acceptors (Lipinski definition) is 5. The highest BCUT2D eigenvalue weighted by molar-refractivity contribution is 7.93. The second-order valence-corrected chi connectivity index (χ2v) is 9.29. The van der Waals surface area contributed by atoms with Crippen LogP contribution in [0.4, 0.5) is 9.18 Å². The molecule has 0 bridgehead atoms. The molecule has 4 rings (SSSR count). The van der Waals surface area contributed by atoms with E-state index in [1.807, 2.05) is 0 Å². The lowest BCUT2D eigenvalue weighted by Crippen LogP contribution is -2.53. The lowest BCUT2D eigenvalue weighted by Gasteiger charge is -2.26. The third-order valence-electron chi connectivity index (χ3n) is 5.37. The predicted octanol–water partition coefficient (Wildman–Crippen LogP) is 0.457. The molecule has 1 unspecified atom stereocenters. The average molecular weight is 422 g/mol. The van der Waals surface area contributed by atoms with Crippen molar-refractivity contribution in [2.45, 2.75) is 24.9 Å². The SMILES string of the molecule is Cn1cc(CN2C(=O)C3C=C(S(=O)(=O)NC4(CF)CC4)C=CC3=[N+](C)C2=O)cn1. The second-order valence-electron chi connectivity index (χ2n) is 7.61. The molecule has 11 heteroatoms. The molecule has 2 heterocycles. The first-order valence-corrected chi connectivity index (χ1v) is 10.6. The van der Waals surface area contributed by atoms with E-state index in [0.29, 0.717) is 24.1 Å². The molecule has 3 aliphatic rings. The minimum atomic E-state index is -3.99. The van der Waals surface area contributed by atoms with E-state index in [2.05, 4.69) is 9.82 Å². The molecule has 3 amide bonds. The highest BCUT2D eigenvalue weighted by Crippen LogP contribution is 2.37. The topological polar surface area (TPSA) is 104 Å². The summed E-state index contributed by atoms with van der Waals surface area (Å²) < 4.78 is 43.8. The summed E-state index contributed by atoms with van der Waals surface area (Å²) in [7, 11) is -0.725. The number of fused-ring (bicyclic) bond motifs is 1. The first-order valence-electron chi connectivity index (χ1n) is 9.09. The average Bonchev–Trinajstić information content (AvgIpc) is 3.33. The van der Waals surface area contributed by atoms with Crippen molar-refractivity contribution < 1.29 is 27.0 Å². The summed E-state index contributed by atoms with van der Waals surface area (Å²) in [6.45, 7) is -0.748. The smallest absolute Gasteiger partial charge is 0.275 e. The number of carbonyl (C=O) groups is 2. The van der Waals surface area contributed by atoms with E-state index in [4.69, 9.17) is 0 Å². The molecule has 1 aromatic rings. The molecule has 1 N–H and O–H groups in total. The molecule has 1 aromatic heterocycles. The van der Waals surface area contributed by atoms with Gasteiger partial charge in [-0.2, -0.15) is 19.4 Å². The van der Waals surface area contributed by atoms with Gasteiger partial charge in [-0.1, -0.05) is 0 Å². The molecule has 1 aliphatic heterocycles. The quantitative estimate of drug-likeness (QED) is 0.671. The molecular formula is C18H21FN5O4S+. The summed E-state index contributed by atoms with van der Waals surface area (Å²) in [5.41, 5.74) is 0.0372. The fourth-order valence-corrected chi connectivity index (χ4v) is 4.98. The van der Waals surface area contributed by atoms with Gasteiger partial charge in [0, 0.05) is 18.8 Å². The third kappa shape index (κ3) is 3.44. The molecule has 2 aliphatic carbocycles. The normalized spacial score (nSPS) is 23.3. The number of alkyl halides is 1. The number of sulfonamides is 1. The maximum Gasteiger partial charge on any atom is 0.500 e. The lowest BCUT2D eigenvalue weighted by molar-refractivity contribution is -0.406. The van der Waals surface area contributed by atoms with Gasteiger partial charge in [0.2, 0.25) is 10.0 Å². The number of urea groups is 1. The van der Waals surface area contributed by atoms with Crippen LogP contribution in [0, 0.1) is 5.92 Å². The predicted molar refractivity (Wildman–Crippen MR) is 101 cm³/mol. The molecule has 1 atom stereocenters. The number of aryl methyl sites for hydroxylation is 1. The van der Waals surface area contributed by atoms with Crippen molar-refractivity contribution in [2.24, 2.45) is 13.0 Å². The Labute approximate surface area is 167 Å². The number of amides is 3. The van der Waals surface area contributed by atoms with Gasteiger partial charge in [0.25, 0.3) is 0 Å². The minimum absolute atomic E-state index is 0.0302.